The van der Waals surface area contributed by atoms with Crippen LogP contribution in [0.3, 0.4) is 0 Å². The summed E-state index contributed by atoms with van der Waals surface area (Å²) in [6.45, 7) is 4.25. The van der Waals surface area contributed by atoms with Crippen molar-refractivity contribution < 1.29 is 17.7 Å². The maximum Gasteiger partial charge on any atom is 0.248 e. The van der Waals surface area contributed by atoms with Crippen molar-refractivity contribution in [3.8, 4) is 0 Å². The highest BCUT2D eigenvalue weighted by Crippen LogP contribution is 2.30. The molecule has 1 aliphatic rings. The van der Waals surface area contributed by atoms with E-state index in [1.54, 1.807) is 24.3 Å². The Kier molecular flexibility index (Phi) is 7.11. The summed E-state index contributed by atoms with van der Waals surface area (Å²) in [4.78, 5) is 13.8. The summed E-state index contributed by atoms with van der Waals surface area (Å²) < 4.78 is 33.5. The molecule has 174 valence electrons. The lowest BCUT2D eigenvalue weighted by Crippen LogP contribution is -2.41. The molecule has 4 rings (SSSR count). The van der Waals surface area contributed by atoms with E-state index in [2.05, 4.69) is 17.4 Å². The lowest BCUT2D eigenvalue weighted by molar-refractivity contribution is -0.120. The zero-order valence-electron chi connectivity index (χ0n) is 18.7. The average Bonchev–Trinajstić information content (AvgIpc) is 3.48. The Labute approximate surface area is 198 Å². The van der Waals surface area contributed by atoms with Crippen molar-refractivity contribution in [2.45, 2.75) is 38.0 Å². The molecule has 1 fully saturated rings. The van der Waals surface area contributed by atoms with Crippen molar-refractivity contribution in [1.29, 1.82) is 0 Å². The van der Waals surface area contributed by atoms with Gasteiger partial charge in [-0.3, -0.25) is 4.79 Å². The summed E-state index contributed by atoms with van der Waals surface area (Å²) in [5.41, 5.74) is 2.30. The lowest BCUT2D eigenvalue weighted by atomic mass is 9.97. The van der Waals surface area contributed by atoms with Crippen molar-refractivity contribution >= 4 is 45.1 Å². The van der Waals surface area contributed by atoms with Crippen LogP contribution in [-0.2, 0) is 21.2 Å². The van der Waals surface area contributed by atoms with Gasteiger partial charge < -0.3 is 9.84 Å². The topological polar surface area (TPSA) is 92.5 Å². The average molecular weight is 486 g/mol. The number of carbonyl (C=O) groups excluding carboxylic acids is 1. The standard InChI is InChI=1S/C24H27N3O4S2/c1-3-18-6-8-20(9-7-18)25-24(28)19-12-14-27(15-13-19)33(29,30)23-17(2)26-31-22(23)11-10-21-5-4-16-32-21/h4-11,16,19H,3,12-15H2,1-2H3,(H,25,28)/b11-10+. The molecule has 0 bridgehead atoms. The molecule has 0 unspecified atom stereocenters. The van der Waals surface area contributed by atoms with Crippen LogP contribution in [0.4, 0.5) is 5.69 Å². The van der Waals surface area contributed by atoms with Crippen LogP contribution in [0.25, 0.3) is 12.2 Å². The number of aryl methyl sites for hydroxylation is 2. The van der Waals surface area contributed by atoms with Gasteiger partial charge in [0.05, 0.1) is 0 Å². The lowest BCUT2D eigenvalue weighted by Gasteiger charge is -2.30. The number of benzene rings is 1. The number of nitrogens with zero attached hydrogens (tertiary/aromatic N) is 2. The Bertz CT molecular complexity index is 1220. The summed E-state index contributed by atoms with van der Waals surface area (Å²) in [5, 5.41) is 8.79. The third-order valence-corrected chi connectivity index (χ3v) is 8.72. The molecule has 0 aliphatic carbocycles. The largest absolute Gasteiger partial charge is 0.355 e. The van der Waals surface area contributed by atoms with E-state index in [0.29, 0.717) is 18.5 Å². The van der Waals surface area contributed by atoms with E-state index in [1.807, 2.05) is 47.9 Å². The van der Waals surface area contributed by atoms with Crippen molar-refractivity contribution in [2.24, 2.45) is 5.92 Å². The quantitative estimate of drug-likeness (QED) is 0.518. The second-order valence-corrected chi connectivity index (χ2v) is 10.9. The maximum absolute atomic E-state index is 13.4. The number of carbonyl (C=O) groups is 1. The number of sulfonamides is 1. The maximum atomic E-state index is 13.4. The smallest absolute Gasteiger partial charge is 0.248 e. The molecule has 1 aromatic carbocycles. The number of amides is 1. The number of aromatic nitrogens is 1. The zero-order chi connectivity index (χ0) is 23.4. The Morgan fingerprint density at radius 2 is 1.94 bits per heavy atom. The van der Waals surface area contributed by atoms with Crippen molar-refractivity contribution in [3.63, 3.8) is 0 Å². The highest BCUT2D eigenvalue weighted by Gasteiger charge is 2.35. The van der Waals surface area contributed by atoms with Gasteiger partial charge >= 0.3 is 0 Å². The number of nitrogens with one attached hydrogen (secondary N) is 1. The van der Waals surface area contributed by atoms with Gasteiger partial charge in [0, 0.05) is 29.6 Å². The van der Waals surface area contributed by atoms with E-state index < -0.39 is 10.0 Å². The van der Waals surface area contributed by atoms with Gasteiger partial charge in [-0.1, -0.05) is 30.3 Å². The molecule has 9 heteroatoms. The van der Waals surface area contributed by atoms with Gasteiger partial charge in [-0.2, -0.15) is 4.31 Å². The predicted octanol–water partition coefficient (Wildman–Crippen LogP) is 4.82. The SMILES string of the molecule is CCc1ccc(NC(=O)C2CCN(S(=O)(=O)c3c(C)noc3/C=C/c3cccs3)CC2)cc1. The van der Waals surface area contributed by atoms with Gasteiger partial charge in [-0.15, -0.1) is 11.3 Å². The number of anilines is 1. The predicted molar refractivity (Wildman–Crippen MR) is 130 cm³/mol. The Hall–Kier alpha value is -2.75. The number of piperidine rings is 1. The van der Waals surface area contributed by atoms with Crippen LogP contribution < -0.4 is 5.32 Å². The summed E-state index contributed by atoms with van der Waals surface area (Å²) >= 11 is 1.55. The first kappa shape index (κ1) is 23.4. The van der Waals surface area contributed by atoms with Crippen LogP contribution in [-0.4, -0.2) is 36.9 Å². The van der Waals surface area contributed by atoms with Crippen LogP contribution in [0, 0.1) is 12.8 Å². The fourth-order valence-corrected chi connectivity index (χ4v) is 6.24. The van der Waals surface area contributed by atoms with Crippen LogP contribution in [0.2, 0.25) is 0 Å². The Morgan fingerprint density at radius 1 is 1.21 bits per heavy atom. The first-order chi connectivity index (χ1) is 15.9. The van der Waals surface area contributed by atoms with Crippen molar-refractivity contribution in [3.05, 3.63) is 63.7 Å². The summed E-state index contributed by atoms with van der Waals surface area (Å²) in [6.07, 6.45) is 5.32. The molecular formula is C24H27N3O4S2. The zero-order valence-corrected chi connectivity index (χ0v) is 20.3. The van der Waals surface area contributed by atoms with E-state index >= 15 is 0 Å². The van der Waals surface area contributed by atoms with E-state index in [4.69, 9.17) is 4.52 Å². The number of rotatable bonds is 7. The molecule has 1 saturated heterocycles. The first-order valence-electron chi connectivity index (χ1n) is 11.0. The highest BCUT2D eigenvalue weighted by molar-refractivity contribution is 7.89. The van der Waals surface area contributed by atoms with E-state index in [9.17, 15) is 13.2 Å². The molecule has 0 atom stereocenters. The molecular weight excluding hydrogens is 458 g/mol. The van der Waals surface area contributed by atoms with E-state index in [-0.39, 0.29) is 35.6 Å². The van der Waals surface area contributed by atoms with Gasteiger partial charge in [0.25, 0.3) is 0 Å². The van der Waals surface area contributed by atoms with E-state index in [1.165, 1.54) is 9.87 Å². The van der Waals surface area contributed by atoms with Crippen LogP contribution >= 0.6 is 11.3 Å². The second-order valence-electron chi connectivity index (χ2n) is 8.03. The number of hydrogen-bond acceptors (Lipinski definition) is 6. The Morgan fingerprint density at radius 3 is 2.58 bits per heavy atom. The monoisotopic (exact) mass is 485 g/mol. The number of thiophene rings is 1. The second kappa shape index (κ2) is 10.0. The molecule has 1 N–H and O–H groups in total. The summed E-state index contributed by atoms with van der Waals surface area (Å²) in [6, 6.07) is 11.7. The van der Waals surface area contributed by atoms with Crippen LogP contribution in [0.1, 0.15) is 41.7 Å². The minimum absolute atomic E-state index is 0.0722. The molecule has 33 heavy (non-hydrogen) atoms. The van der Waals surface area contributed by atoms with Crippen LogP contribution in [0.5, 0.6) is 0 Å². The molecule has 7 nitrogen and oxygen atoms in total. The molecule has 1 aliphatic heterocycles. The van der Waals surface area contributed by atoms with Gasteiger partial charge in [-0.05, 0) is 67.5 Å². The summed E-state index contributed by atoms with van der Waals surface area (Å²) in [7, 11) is -3.79. The molecule has 1 amide bonds. The molecule has 0 spiro atoms. The normalized spacial score (nSPS) is 15.8. The third-order valence-electron chi connectivity index (χ3n) is 5.83. The minimum Gasteiger partial charge on any atom is -0.355 e. The molecule has 0 radical (unpaired) electrons. The van der Waals surface area contributed by atoms with Gasteiger partial charge in [0.15, 0.2) is 10.7 Å². The van der Waals surface area contributed by atoms with Gasteiger partial charge in [-0.25, -0.2) is 8.42 Å². The molecule has 3 heterocycles. The minimum atomic E-state index is -3.79. The van der Waals surface area contributed by atoms with Crippen molar-refractivity contribution in [2.75, 3.05) is 18.4 Å². The highest BCUT2D eigenvalue weighted by atomic mass is 32.2. The number of hydrogen-bond donors (Lipinski definition) is 1. The first-order valence-corrected chi connectivity index (χ1v) is 13.3. The van der Waals surface area contributed by atoms with E-state index in [0.717, 1.165) is 17.0 Å². The van der Waals surface area contributed by atoms with Gasteiger partial charge in [0.1, 0.15) is 5.69 Å². The Balaban J connectivity index is 1.42. The molecule has 3 aromatic rings. The molecule has 2 aromatic heterocycles. The van der Waals surface area contributed by atoms with Crippen LogP contribution in [0.15, 0.2) is 51.2 Å². The molecule has 0 saturated carbocycles. The fraction of sp³-hybridized carbons (Fsp3) is 0.333. The van der Waals surface area contributed by atoms with Crippen molar-refractivity contribution in [1.82, 2.24) is 9.46 Å². The fourth-order valence-electron chi connectivity index (χ4n) is 3.90. The third kappa shape index (κ3) is 5.26. The van der Waals surface area contributed by atoms with Gasteiger partial charge in [0.2, 0.25) is 15.9 Å². The summed E-state index contributed by atoms with van der Waals surface area (Å²) in [5.74, 6) is -0.0858.